The molecule has 1 amide bonds. The Morgan fingerprint density at radius 2 is 1.81 bits per heavy atom. The van der Waals surface area contributed by atoms with Crippen molar-refractivity contribution in [3.8, 4) is 5.88 Å². The molecular formula is C29H28N4O4. The van der Waals surface area contributed by atoms with Crippen molar-refractivity contribution in [1.82, 2.24) is 4.98 Å². The van der Waals surface area contributed by atoms with Gasteiger partial charge >= 0.3 is 6.09 Å². The van der Waals surface area contributed by atoms with Crippen molar-refractivity contribution in [2.24, 2.45) is 10.4 Å². The van der Waals surface area contributed by atoms with Gasteiger partial charge in [-0.15, -0.1) is 0 Å². The lowest BCUT2D eigenvalue weighted by atomic mass is 9.78. The Morgan fingerprint density at radius 1 is 1.08 bits per heavy atom. The van der Waals surface area contributed by atoms with Crippen LogP contribution in [0.15, 0.2) is 77.8 Å². The SMILES string of the molecule is COC(=O)N(C)c1ccc2[nH]c(O)c(C(=Nc3ccc(N4CC5(COC5)C4)cc3)c3ccccc3)c2c1. The fourth-order valence-corrected chi connectivity index (χ4v) is 5.10. The lowest BCUT2D eigenvalue weighted by Gasteiger charge is -2.56. The van der Waals surface area contributed by atoms with Gasteiger partial charge in [-0.1, -0.05) is 30.3 Å². The molecule has 0 bridgehead atoms. The number of aromatic hydroxyl groups is 1. The molecule has 3 heterocycles. The maximum atomic E-state index is 12.1. The van der Waals surface area contributed by atoms with E-state index < -0.39 is 6.09 Å². The Bertz CT molecular complexity index is 1480. The molecule has 4 aromatic rings. The van der Waals surface area contributed by atoms with E-state index in [1.807, 2.05) is 54.6 Å². The number of aromatic amines is 1. The number of methoxy groups -OCH3 is 1. The fraction of sp³-hybridized carbons (Fsp3) is 0.241. The molecule has 2 N–H and O–H groups in total. The van der Waals surface area contributed by atoms with E-state index in [4.69, 9.17) is 14.5 Å². The summed E-state index contributed by atoms with van der Waals surface area (Å²) in [5.74, 6) is 0.0145. The summed E-state index contributed by atoms with van der Waals surface area (Å²) < 4.78 is 10.3. The number of hydrogen-bond acceptors (Lipinski definition) is 6. The van der Waals surface area contributed by atoms with Crippen LogP contribution in [0.25, 0.3) is 10.9 Å². The van der Waals surface area contributed by atoms with Crippen LogP contribution >= 0.6 is 0 Å². The van der Waals surface area contributed by atoms with Gasteiger partial charge in [0.15, 0.2) is 5.88 Å². The summed E-state index contributed by atoms with van der Waals surface area (Å²) in [6.45, 7) is 3.77. The molecule has 37 heavy (non-hydrogen) atoms. The molecule has 0 aliphatic carbocycles. The zero-order valence-corrected chi connectivity index (χ0v) is 20.8. The number of fused-ring (bicyclic) bond motifs is 1. The van der Waals surface area contributed by atoms with Crippen LogP contribution in [0, 0.1) is 5.41 Å². The summed E-state index contributed by atoms with van der Waals surface area (Å²) >= 11 is 0. The lowest BCUT2D eigenvalue weighted by molar-refractivity contribution is -0.127. The van der Waals surface area contributed by atoms with E-state index in [1.54, 1.807) is 13.1 Å². The smallest absolute Gasteiger partial charge is 0.413 e. The van der Waals surface area contributed by atoms with Gasteiger partial charge in [0, 0.05) is 48.0 Å². The highest BCUT2D eigenvalue weighted by Crippen LogP contribution is 2.40. The number of aromatic nitrogens is 1. The molecular weight excluding hydrogens is 468 g/mol. The molecule has 0 unspecified atom stereocenters. The Morgan fingerprint density at radius 3 is 2.46 bits per heavy atom. The number of ether oxygens (including phenoxy) is 2. The van der Waals surface area contributed by atoms with Gasteiger partial charge in [-0.2, -0.15) is 0 Å². The molecule has 0 saturated carbocycles. The first kappa shape index (κ1) is 23.1. The van der Waals surface area contributed by atoms with E-state index >= 15 is 0 Å². The minimum atomic E-state index is -0.476. The van der Waals surface area contributed by atoms with Gasteiger partial charge in [0.25, 0.3) is 0 Å². The molecule has 2 saturated heterocycles. The molecule has 188 valence electrons. The highest BCUT2D eigenvalue weighted by atomic mass is 16.5. The molecule has 6 rings (SSSR count). The van der Waals surface area contributed by atoms with Gasteiger partial charge in [-0.05, 0) is 42.5 Å². The van der Waals surface area contributed by atoms with E-state index in [2.05, 4.69) is 22.0 Å². The topological polar surface area (TPSA) is 90.4 Å². The van der Waals surface area contributed by atoms with Crippen molar-refractivity contribution in [2.75, 3.05) is 50.3 Å². The second-order valence-corrected chi connectivity index (χ2v) is 9.80. The number of carbonyl (C=O) groups is 1. The second kappa shape index (κ2) is 8.97. The Hall–Kier alpha value is -4.30. The lowest BCUT2D eigenvalue weighted by Crippen LogP contribution is -2.66. The summed E-state index contributed by atoms with van der Waals surface area (Å²) in [6.07, 6.45) is -0.476. The first-order chi connectivity index (χ1) is 18.0. The molecule has 8 heteroatoms. The van der Waals surface area contributed by atoms with E-state index in [0.717, 1.165) is 48.5 Å². The Labute approximate surface area is 214 Å². The number of H-pyrrole nitrogens is 1. The zero-order valence-electron chi connectivity index (χ0n) is 20.8. The number of nitrogens with zero attached hydrogens (tertiary/aromatic N) is 3. The van der Waals surface area contributed by atoms with Gasteiger partial charge < -0.3 is 24.5 Å². The molecule has 8 nitrogen and oxygen atoms in total. The highest BCUT2D eigenvalue weighted by molar-refractivity contribution is 6.22. The van der Waals surface area contributed by atoms with Crippen molar-refractivity contribution in [3.63, 3.8) is 0 Å². The summed E-state index contributed by atoms with van der Waals surface area (Å²) in [5, 5.41) is 11.8. The average Bonchev–Trinajstić information content (AvgIpc) is 3.20. The highest BCUT2D eigenvalue weighted by Gasteiger charge is 2.48. The third-order valence-electron chi connectivity index (χ3n) is 7.21. The van der Waals surface area contributed by atoms with Crippen LogP contribution in [0.3, 0.4) is 0 Å². The van der Waals surface area contributed by atoms with Crippen LogP contribution in [0.2, 0.25) is 0 Å². The quantitative estimate of drug-likeness (QED) is 0.376. The number of anilines is 2. The molecule has 1 spiro atoms. The van der Waals surface area contributed by atoms with Crippen LogP contribution in [0.4, 0.5) is 21.9 Å². The summed E-state index contributed by atoms with van der Waals surface area (Å²) in [6, 6.07) is 23.4. The number of rotatable bonds is 5. The van der Waals surface area contributed by atoms with Crippen molar-refractivity contribution in [2.45, 2.75) is 0 Å². The molecule has 2 aliphatic rings. The van der Waals surface area contributed by atoms with Gasteiger partial charge in [-0.3, -0.25) is 4.90 Å². The summed E-state index contributed by atoms with van der Waals surface area (Å²) in [5.41, 5.74) is 5.74. The van der Waals surface area contributed by atoms with E-state index in [1.165, 1.54) is 17.7 Å². The largest absolute Gasteiger partial charge is 0.494 e. The van der Waals surface area contributed by atoms with E-state index in [-0.39, 0.29) is 5.88 Å². The third-order valence-corrected chi connectivity index (χ3v) is 7.21. The van der Waals surface area contributed by atoms with E-state index in [0.29, 0.717) is 22.4 Å². The van der Waals surface area contributed by atoms with Gasteiger partial charge in [0.2, 0.25) is 0 Å². The number of hydrogen-bond donors (Lipinski definition) is 2. The summed E-state index contributed by atoms with van der Waals surface area (Å²) in [4.78, 5) is 23.9. The van der Waals surface area contributed by atoms with Crippen molar-refractivity contribution >= 4 is 39.8 Å². The number of benzene rings is 3. The monoisotopic (exact) mass is 496 g/mol. The maximum Gasteiger partial charge on any atom is 0.413 e. The standard InChI is InChI=1S/C29H28N4O4/c1-32(28(35)36-2)22-12-13-24-23(14-22)25(27(34)31-24)26(19-6-4-3-5-7-19)30-20-8-10-21(11-9-20)33-15-29(16-33)17-37-18-29/h3-14,31,34H,15-18H2,1-2H3. The predicted molar refractivity (Wildman–Crippen MR) is 144 cm³/mol. The minimum Gasteiger partial charge on any atom is -0.494 e. The Kier molecular flexibility index (Phi) is 5.61. The van der Waals surface area contributed by atoms with Crippen LogP contribution < -0.4 is 9.80 Å². The van der Waals surface area contributed by atoms with Crippen LogP contribution in [0.1, 0.15) is 11.1 Å². The minimum absolute atomic E-state index is 0.0145. The number of aliphatic imine (C=N–C) groups is 1. The van der Waals surface area contributed by atoms with Crippen molar-refractivity contribution in [1.29, 1.82) is 0 Å². The molecule has 2 aliphatic heterocycles. The van der Waals surface area contributed by atoms with Crippen LogP contribution in [-0.2, 0) is 9.47 Å². The molecule has 3 aromatic carbocycles. The first-order valence-electron chi connectivity index (χ1n) is 12.2. The Balaban J connectivity index is 1.40. The second-order valence-electron chi connectivity index (χ2n) is 9.80. The number of carbonyl (C=O) groups excluding carboxylic acids is 1. The molecule has 0 radical (unpaired) electrons. The van der Waals surface area contributed by atoms with Gasteiger partial charge in [0.05, 0.1) is 42.7 Å². The predicted octanol–water partition coefficient (Wildman–Crippen LogP) is 5.08. The molecule has 1 aromatic heterocycles. The normalized spacial score (nSPS) is 16.4. The van der Waals surface area contributed by atoms with Crippen molar-refractivity contribution < 1.29 is 19.4 Å². The number of nitrogens with one attached hydrogen (secondary N) is 1. The van der Waals surface area contributed by atoms with Crippen molar-refractivity contribution in [3.05, 3.63) is 83.9 Å². The molecule has 2 fully saturated rings. The van der Waals surface area contributed by atoms with Gasteiger partial charge in [-0.25, -0.2) is 9.79 Å². The van der Waals surface area contributed by atoms with Gasteiger partial charge in [0.1, 0.15) is 0 Å². The third kappa shape index (κ3) is 4.09. The summed E-state index contributed by atoms with van der Waals surface area (Å²) in [7, 11) is 2.99. The average molecular weight is 497 g/mol. The molecule has 0 atom stereocenters. The van der Waals surface area contributed by atoms with E-state index in [9.17, 15) is 9.90 Å². The maximum absolute atomic E-state index is 12.1. The first-order valence-corrected chi connectivity index (χ1v) is 12.2. The van der Waals surface area contributed by atoms with Crippen LogP contribution in [-0.4, -0.2) is 62.4 Å². The number of amides is 1. The fourth-order valence-electron chi connectivity index (χ4n) is 5.10. The van der Waals surface area contributed by atoms with Crippen LogP contribution in [0.5, 0.6) is 5.88 Å². The zero-order chi connectivity index (χ0) is 25.6.